The van der Waals surface area contributed by atoms with Gasteiger partial charge in [0, 0.05) is 29.9 Å². The second kappa shape index (κ2) is 4.58. The number of fused-ring (bicyclic) bond motifs is 1. The Hall–Kier alpha value is -1.61. The number of β-amino-alcohol motifs (C(OH)–C–C–N with tert-alkyl or cyclic N) is 1. The van der Waals surface area contributed by atoms with Crippen LogP contribution in [0.15, 0.2) is 30.3 Å². The Morgan fingerprint density at radius 2 is 2.17 bits per heavy atom. The number of aromatic nitrogens is 1. The molecule has 1 aromatic carbocycles. The van der Waals surface area contributed by atoms with Crippen molar-refractivity contribution in [1.29, 1.82) is 0 Å². The van der Waals surface area contributed by atoms with Crippen molar-refractivity contribution in [2.75, 3.05) is 18.0 Å². The molecule has 0 aliphatic carbocycles. The summed E-state index contributed by atoms with van der Waals surface area (Å²) in [4.78, 5) is 6.84. The maximum Gasteiger partial charge on any atom is 0.0726 e. The molecule has 0 saturated carbocycles. The highest BCUT2D eigenvalue weighted by atomic mass is 16.3. The Bertz CT molecular complexity index is 567. The molecule has 1 aliphatic heterocycles. The number of aryl methyl sites for hydroxylation is 1. The molecule has 1 aliphatic rings. The quantitative estimate of drug-likeness (QED) is 0.834. The van der Waals surface area contributed by atoms with Gasteiger partial charge < -0.3 is 10.0 Å². The van der Waals surface area contributed by atoms with E-state index in [0.717, 1.165) is 37.1 Å². The van der Waals surface area contributed by atoms with Crippen molar-refractivity contribution in [3.8, 4) is 0 Å². The first kappa shape index (κ1) is 11.5. The number of piperidine rings is 1. The smallest absolute Gasteiger partial charge is 0.0726 e. The highest BCUT2D eigenvalue weighted by Crippen LogP contribution is 2.28. The summed E-state index contributed by atoms with van der Waals surface area (Å²) in [6, 6.07) is 10.3. The number of para-hydroxylation sites is 1. The van der Waals surface area contributed by atoms with Crippen molar-refractivity contribution in [2.45, 2.75) is 25.9 Å². The van der Waals surface area contributed by atoms with Crippen LogP contribution in [-0.4, -0.2) is 29.3 Å². The third kappa shape index (κ3) is 2.06. The van der Waals surface area contributed by atoms with Crippen molar-refractivity contribution in [3.63, 3.8) is 0 Å². The predicted molar refractivity (Wildman–Crippen MR) is 73.9 cm³/mol. The van der Waals surface area contributed by atoms with Gasteiger partial charge in [0.05, 0.1) is 11.6 Å². The number of benzene rings is 1. The summed E-state index contributed by atoms with van der Waals surface area (Å²) < 4.78 is 0. The van der Waals surface area contributed by atoms with E-state index in [0.29, 0.717) is 0 Å². The number of pyridine rings is 1. The molecule has 1 atom stereocenters. The van der Waals surface area contributed by atoms with Gasteiger partial charge in [-0.15, -0.1) is 0 Å². The van der Waals surface area contributed by atoms with Crippen LogP contribution in [0, 0.1) is 6.92 Å². The van der Waals surface area contributed by atoms with Crippen molar-refractivity contribution in [1.82, 2.24) is 4.98 Å². The number of hydrogen-bond donors (Lipinski definition) is 1. The molecular formula is C15H18N2O. The lowest BCUT2D eigenvalue weighted by atomic mass is 10.1. The second-order valence-corrected chi connectivity index (χ2v) is 5.04. The van der Waals surface area contributed by atoms with E-state index in [9.17, 15) is 5.11 Å². The highest BCUT2D eigenvalue weighted by molar-refractivity contribution is 5.92. The van der Waals surface area contributed by atoms with E-state index in [1.54, 1.807) is 0 Å². The molecular weight excluding hydrogens is 224 g/mol. The standard InChI is InChI=1S/C15H18N2O/c1-11-9-15(17-8-4-5-12(18)10-17)13-6-2-3-7-14(13)16-11/h2-3,6-7,9,12,18H,4-5,8,10H2,1H3/t12-/m0/s1. The number of rotatable bonds is 1. The summed E-state index contributed by atoms with van der Waals surface area (Å²) in [7, 11) is 0. The Kier molecular flexibility index (Phi) is 2.92. The van der Waals surface area contributed by atoms with Crippen LogP contribution in [0.2, 0.25) is 0 Å². The molecule has 1 N–H and O–H groups in total. The van der Waals surface area contributed by atoms with Crippen LogP contribution in [0.5, 0.6) is 0 Å². The molecule has 2 heterocycles. The molecule has 1 saturated heterocycles. The molecule has 0 amide bonds. The van der Waals surface area contributed by atoms with Crippen LogP contribution in [-0.2, 0) is 0 Å². The average molecular weight is 242 g/mol. The lowest BCUT2D eigenvalue weighted by Crippen LogP contribution is -2.38. The van der Waals surface area contributed by atoms with Crippen LogP contribution in [0.25, 0.3) is 10.9 Å². The minimum Gasteiger partial charge on any atom is -0.391 e. The van der Waals surface area contributed by atoms with Gasteiger partial charge in [-0.25, -0.2) is 0 Å². The number of hydrogen-bond acceptors (Lipinski definition) is 3. The lowest BCUT2D eigenvalue weighted by Gasteiger charge is -2.32. The Morgan fingerprint density at radius 1 is 1.33 bits per heavy atom. The zero-order valence-corrected chi connectivity index (χ0v) is 10.6. The summed E-state index contributed by atoms with van der Waals surface area (Å²) in [5, 5.41) is 11.0. The Labute approximate surface area is 107 Å². The van der Waals surface area contributed by atoms with Gasteiger partial charge in [0.2, 0.25) is 0 Å². The molecule has 3 nitrogen and oxygen atoms in total. The maximum absolute atomic E-state index is 9.82. The van der Waals surface area contributed by atoms with Gasteiger partial charge in [0.25, 0.3) is 0 Å². The molecule has 18 heavy (non-hydrogen) atoms. The van der Waals surface area contributed by atoms with E-state index < -0.39 is 0 Å². The van der Waals surface area contributed by atoms with Crippen molar-refractivity contribution in [2.24, 2.45) is 0 Å². The molecule has 0 spiro atoms. The number of aliphatic hydroxyl groups excluding tert-OH is 1. The van der Waals surface area contributed by atoms with Gasteiger partial charge in [-0.1, -0.05) is 18.2 Å². The first-order valence-corrected chi connectivity index (χ1v) is 6.53. The molecule has 0 radical (unpaired) electrons. The normalized spacial score (nSPS) is 20.3. The van der Waals surface area contributed by atoms with E-state index in [1.807, 2.05) is 25.1 Å². The third-order valence-electron chi connectivity index (χ3n) is 3.56. The van der Waals surface area contributed by atoms with Crippen LogP contribution in [0.1, 0.15) is 18.5 Å². The number of aliphatic hydroxyl groups is 1. The summed E-state index contributed by atoms with van der Waals surface area (Å²) in [5.74, 6) is 0. The van der Waals surface area contributed by atoms with E-state index in [2.05, 4.69) is 22.0 Å². The summed E-state index contributed by atoms with van der Waals surface area (Å²) >= 11 is 0. The monoisotopic (exact) mass is 242 g/mol. The van der Waals surface area contributed by atoms with Crippen LogP contribution in [0.4, 0.5) is 5.69 Å². The number of anilines is 1. The minimum atomic E-state index is -0.203. The Morgan fingerprint density at radius 3 is 3.00 bits per heavy atom. The highest BCUT2D eigenvalue weighted by Gasteiger charge is 2.19. The Balaban J connectivity index is 2.09. The van der Waals surface area contributed by atoms with Gasteiger partial charge >= 0.3 is 0 Å². The molecule has 0 unspecified atom stereocenters. The zero-order chi connectivity index (χ0) is 12.5. The van der Waals surface area contributed by atoms with Gasteiger partial charge in [-0.05, 0) is 31.9 Å². The van der Waals surface area contributed by atoms with Crippen molar-refractivity contribution in [3.05, 3.63) is 36.0 Å². The van der Waals surface area contributed by atoms with Crippen LogP contribution < -0.4 is 4.90 Å². The summed E-state index contributed by atoms with van der Waals surface area (Å²) in [6.07, 6.45) is 1.76. The van der Waals surface area contributed by atoms with E-state index in [4.69, 9.17) is 0 Å². The minimum absolute atomic E-state index is 0.203. The first-order chi connectivity index (χ1) is 8.74. The van der Waals surface area contributed by atoms with Gasteiger partial charge in [0.1, 0.15) is 0 Å². The SMILES string of the molecule is Cc1cc(N2CCC[C@H](O)C2)c2ccccc2n1. The van der Waals surface area contributed by atoms with E-state index >= 15 is 0 Å². The van der Waals surface area contributed by atoms with Gasteiger partial charge in [-0.3, -0.25) is 4.98 Å². The van der Waals surface area contributed by atoms with E-state index in [-0.39, 0.29) is 6.10 Å². The predicted octanol–water partition coefficient (Wildman–Crippen LogP) is 2.50. The van der Waals surface area contributed by atoms with Gasteiger partial charge in [0.15, 0.2) is 0 Å². The molecule has 0 bridgehead atoms. The summed E-state index contributed by atoms with van der Waals surface area (Å²) in [6.45, 7) is 3.77. The van der Waals surface area contributed by atoms with Crippen molar-refractivity contribution >= 4 is 16.6 Å². The molecule has 3 heteroatoms. The van der Waals surface area contributed by atoms with Crippen LogP contribution in [0.3, 0.4) is 0 Å². The molecule has 1 aromatic heterocycles. The fourth-order valence-corrected chi connectivity index (χ4v) is 2.72. The van der Waals surface area contributed by atoms with Crippen molar-refractivity contribution < 1.29 is 5.11 Å². The largest absolute Gasteiger partial charge is 0.391 e. The third-order valence-corrected chi connectivity index (χ3v) is 3.56. The second-order valence-electron chi connectivity index (χ2n) is 5.04. The first-order valence-electron chi connectivity index (χ1n) is 6.53. The fourth-order valence-electron chi connectivity index (χ4n) is 2.72. The number of nitrogens with zero attached hydrogens (tertiary/aromatic N) is 2. The molecule has 2 aromatic rings. The topological polar surface area (TPSA) is 36.4 Å². The molecule has 94 valence electrons. The fraction of sp³-hybridized carbons (Fsp3) is 0.400. The zero-order valence-electron chi connectivity index (χ0n) is 10.6. The summed E-state index contributed by atoms with van der Waals surface area (Å²) in [5.41, 5.74) is 3.27. The van der Waals surface area contributed by atoms with E-state index in [1.165, 1.54) is 11.1 Å². The average Bonchev–Trinajstić information content (AvgIpc) is 2.37. The van der Waals surface area contributed by atoms with Gasteiger partial charge in [-0.2, -0.15) is 0 Å². The molecule has 3 rings (SSSR count). The maximum atomic E-state index is 9.82. The lowest BCUT2D eigenvalue weighted by molar-refractivity contribution is 0.154. The van der Waals surface area contributed by atoms with Crippen LogP contribution >= 0.6 is 0 Å². The molecule has 1 fully saturated rings.